The van der Waals surface area contributed by atoms with Gasteiger partial charge in [-0.15, -0.1) is 11.3 Å². The number of Topliss-reactive ketones (excluding diaryl/α,β-unsaturated/α-hetero) is 1. The topological polar surface area (TPSA) is 114 Å². The Bertz CT molecular complexity index is 1470. The number of thiophene rings is 1. The van der Waals surface area contributed by atoms with Crippen LogP contribution in [-0.2, 0) is 16.0 Å². The van der Waals surface area contributed by atoms with Gasteiger partial charge in [0.15, 0.2) is 5.13 Å². The Labute approximate surface area is 201 Å². The number of aryl methyl sites for hydroxylation is 1. The summed E-state index contributed by atoms with van der Waals surface area (Å²) < 4.78 is 0.520. The van der Waals surface area contributed by atoms with Crippen molar-refractivity contribution in [3.05, 3.63) is 91.7 Å². The molecule has 2 aromatic carbocycles. The lowest BCUT2D eigenvalue weighted by Crippen LogP contribution is -2.28. The number of aliphatic hydroxyl groups excluding tert-OH is 1. The molecule has 170 valence electrons. The summed E-state index contributed by atoms with van der Waals surface area (Å²) in [5.41, 5.74) is 1.90. The summed E-state index contributed by atoms with van der Waals surface area (Å²) in [5.74, 6) is -1.86. The lowest BCUT2D eigenvalue weighted by Gasteiger charge is -2.21. The maximum absolute atomic E-state index is 13.2. The highest BCUT2D eigenvalue weighted by atomic mass is 32.1. The van der Waals surface area contributed by atoms with Crippen molar-refractivity contribution in [3.8, 4) is 0 Å². The maximum Gasteiger partial charge on any atom is 0.301 e. The average molecular weight is 492 g/mol. The van der Waals surface area contributed by atoms with E-state index in [9.17, 15) is 24.8 Å². The molecule has 2 aromatic heterocycles. The van der Waals surface area contributed by atoms with E-state index in [1.54, 1.807) is 24.3 Å². The molecule has 1 aliphatic heterocycles. The minimum Gasteiger partial charge on any atom is -0.507 e. The van der Waals surface area contributed by atoms with Crippen LogP contribution in [0.15, 0.2) is 65.6 Å². The van der Waals surface area contributed by atoms with Gasteiger partial charge in [-0.2, -0.15) is 0 Å². The molecule has 5 rings (SSSR count). The summed E-state index contributed by atoms with van der Waals surface area (Å²) in [6, 6.07) is 14.2. The molecule has 1 saturated heterocycles. The van der Waals surface area contributed by atoms with E-state index in [1.807, 2.05) is 24.4 Å². The number of ketones is 1. The molecule has 0 saturated carbocycles. The number of carbonyl (C=O) groups is 2. The maximum atomic E-state index is 13.2. The number of thiazole rings is 1. The molecule has 1 aliphatic rings. The standard InChI is InChI=1S/C24H17N3O5S2/c1-2-13-5-7-14(8-6-13)21(28)19-20(17-4-3-11-33-17)26(23(30)22(19)29)24-25-16-10-9-15(27(31)32)12-18(16)34-24/h3-12,20,28H,2H2,1H3/b21-19+. The molecule has 4 aromatic rings. The number of nitro groups is 1. The highest BCUT2D eigenvalue weighted by Crippen LogP contribution is 2.45. The summed E-state index contributed by atoms with van der Waals surface area (Å²) >= 11 is 2.44. The number of amides is 1. The first kappa shape index (κ1) is 21.9. The van der Waals surface area contributed by atoms with Gasteiger partial charge in [0.1, 0.15) is 11.8 Å². The van der Waals surface area contributed by atoms with Crippen LogP contribution in [0.1, 0.15) is 29.0 Å². The van der Waals surface area contributed by atoms with Crippen LogP contribution in [0.2, 0.25) is 0 Å². The molecule has 0 bridgehead atoms. The van der Waals surface area contributed by atoms with Crippen LogP contribution in [0, 0.1) is 10.1 Å². The number of hydrogen-bond acceptors (Lipinski definition) is 8. The average Bonchev–Trinajstić information content (AvgIpc) is 3.57. The Morgan fingerprint density at radius 1 is 1.18 bits per heavy atom. The molecule has 1 unspecified atom stereocenters. The van der Waals surface area contributed by atoms with Crippen molar-refractivity contribution in [3.63, 3.8) is 0 Å². The molecule has 10 heteroatoms. The van der Waals surface area contributed by atoms with Crippen LogP contribution >= 0.6 is 22.7 Å². The Kier molecular flexibility index (Phi) is 5.46. The Balaban J connectivity index is 1.67. The third-order valence-corrected chi connectivity index (χ3v) is 7.61. The molecular weight excluding hydrogens is 474 g/mol. The number of benzene rings is 2. The van der Waals surface area contributed by atoms with Gasteiger partial charge in [-0.05, 0) is 29.5 Å². The molecule has 1 fully saturated rings. The van der Waals surface area contributed by atoms with E-state index in [4.69, 9.17) is 0 Å². The number of aliphatic hydroxyl groups is 1. The molecule has 8 nitrogen and oxygen atoms in total. The third-order valence-electron chi connectivity index (χ3n) is 5.67. The predicted octanol–water partition coefficient (Wildman–Crippen LogP) is 5.45. The van der Waals surface area contributed by atoms with Crippen molar-refractivity contribution >= 4 is 61.2 Å². The lowest BCUT2D eigenvalue weighted by atomic mass is 9.99. The van der Waals surface area contributed by atoms with Gasteiger partial charge >= 0.3 is 5.91 Å². The molecule has 34 heavy (non-hydrogen) atoms. The molecule has 0 radical (unpaired) electrons. The molecule has 1 N–H and O–H groups in total. The molecule has 1 amide bonds. The second-order valence-corrected chi connectivity index (χ2v) is 9.63. The van der Waals surface area contributed by atoms with Gasteiger partial charge in [0.25, 0.3) is 11.5 Å². The monoisotopic (exact) mass is 491 g/mol. The predicted molar refractivity (Wildman–Crippen MR) is 131 cm³/mol. The van der Waals surface area contributed by atoms with Crippen LogP contribution in [0.3, 0.4) is 0 Å². The summed E-state index contributed by atoms with van der Waals surface area (Å²) in [4.78, 5) is 43.5. The fraction of sp³-hybridized carbons (Fsp3) is 0.125. The van der Waals surface area contributed by atoms with E-state index in [-0.39, 0.29) is 22.2 Å². The minimum atomic E-state index is -0.860. The van der Waals surface area contributed by atoms with E-state index >= 15 is 0 Å². The van der Waals surface area contributed by atoms with Gasteiger partial charge in [-0.1, -0.05) is 48.6 Å². The number of fused-ring (bicyclic) bond motifs is 1. The summed E-state index contributed by atoms with van der Waals surface area (Å²) in [6.07, 6.45) is 0.830. The van der Waals surface area contributed by atoms with Gasteiger partial charge in [0.05, 0.1) is 20.7 Å². The largest absolute Gasteiger partial charge is 0.507 e. The van der Waals surface area contributed by atoms with Crippen molar-refractivity contribution in [1.29, 1.82) is 0 Å². The number of hydrogen-bond donors (Lipinski definition) is 1. The fourth-order valence-corrected chi connectivity index (χ4v) is 5.77. The van der Waals surface area contributed by atoms with E-state index in [0.29, 0.717) is 20.7 Å². The first-order valence-corrected chi connectivity index (χ1v) is 12.1. The number of nitro benzene ring substituents is 1. The van der Waals surface area contributed by atoms with Gasteiger partial charge in [0, 0.05) is 22.6 Å². The van der Waals surface area contributed by atoms with E-state index in [0.717, 1.165) is 23.3 Å². The zero-order valence-corrected chi connectivity index (χ0v) is 19.4. The lowest BCUT2D eigenvalue weighted by molar-refractivity contribution is -0.384. The molecule has 1 atom stereocenters. The van der Waals surface area contributed by atoms with E-state index < -0.39 is 22.7 Å². The van der Waals surface area contributed by atoms with Crippen LogP contribution in [-0.4, -0.2) is 26.7 Å². The van der Waals surface area contributed by atoms with Crippen molar-refractivity contribution in [2.24, 2.45) is 0 Å². The van der Waals surface area contributed by atoms with Crippen molar-refractivity contribution in [2.75, 3.05) is 4.90 Å². The number of carbonyl (C=O) groups excluding carboxylic acids is 2. The summed E-state index contributed by atoms with van der Waals surface area (Å²) in [6.45, 7) is 2.02. The quantitative estimate of drug-likeness (QED) is 0.130. The van der Waals surface area contributed by atoms with Crippen LogP contribution < -0.4 is 4.90 Å². The Hall–Kier alpha value is -3.89. The minimum absolute atomic E-state index is 0.0121. The third kappa shape index (κ3) is 3.57. The summed E-state index contributed by atoms with van der Waals surface area (Å²) in [7, 11) is 0. The number of nitrogens with zero attached hydrogens (tertiary/aromatic N) is 3. The van der Waals surface area contributed by atoms with Gasteiger partial charge in [-0.3, -0.25) is 24.6 Å². The number of anilines is 1. The number of aromatic nitrogens is 1. The Morgan fingerprint density at radius 3 is 2.59 bits per heavy atom. The van der Waals surface area contributed by atoms with Gasteiger partial charge < -0.3 is 5.11 Å². The zero-order valence-electron chi connectivity index (χ0n) is 17.8. The number of non-ortho nitro benzene ring substituents is 1. The first-order chi connectivity index (χ1) is 16.4. The van der Waals surface area contributed by atoms with E-state index in [1.165, 1.54) is 34.4 Å². The van der Waals surface area contributed by atoms with Crippen LogP contribution in [0.25, 0.3) is 16.0 Å². The molecular formula is C24H17N3O5S2. The Morgan fingerprint density at radius 2 is 1.94 bits per heavy atom. The number of rotatable bonds is 5. The first-order valence-electron chi connectivity index (χ1n) is 10.4. The van der Waals surface area contributed by atoms with E-state index in [2.05, 4.69) is 4.98 Å². The van der Waals surface area contributed by atoms with Crippen LogP contribution in [0.4, 0.5) is 10.8 Å². The zero-order chi connectivity index (χ0) is 24.0. The normalized spacial score (nSPS) is 17.6. The van der Waals surface area contributed by atoms with Crippen molar-refractivity contribution in [2.45, 2.75) is 19.4 Å². The van der Waals surface area contributed by atoms with Crippen molar-refractivity contribution in [1.82, 2.24) is 4.98 Å². The fourth-order valence-electron chi connectivity index (χ4n) is 3.92. The molecule has 0 aliphatic carbocycles. The molecule has 0 spiro atoms. The summed E-state index contributed by atoms with van der Waals surface area (Å²) in [5, 5.41) is 24.3. The SMILES string of the molecule is CCc1ccc(/C(O)=C2\C(=O)C(=O)N(c3nc4ccc([N+](=O)[O-])cc4s3)C2c2cccs2)cc1. The second-order valence-electron chi connectivity index (χ2n) is 7.64. The van der Waals surface area contributed by atoms with Crippen LogP contribution in [0.5, 0.6) is 0 Å². The smallest absolute Gasteiger partial charge is 0.301 e. The second kappa shape index (κ2) is 8.47. The highest BCUT2D eigenvalue weighted by molar-refractivity contribution is 7.22. The van der Waals surface area contributed by atoms with Crippen molar-refractivity contribution < 1.29 is 19.6 Å². The highest BCUT2D eigenvalue weighted by Gasteiger charge is 2.48. The van der Waals surface area contributed by atoms with Gasteiger partial charge in [0.2, 0.25) is 0 Å². The molecule has 3 heterocycles. The van der Waals surface area contributed by atoms with Gasteiger partial charge in [-0.25, -0.2) is 4.98 Å².